The van der Waals surface area contributed by atoms with E-state index in [-0.39, 0.29) is 6.04 Å². The van der Waals surface area contributed by atoms with Gasteiger partial charge >= 0.3 is 0 Å². The molecule has 2 N–H and O–H groups in total. The van der Waals surface area contributed by atoms with Crippen molar-refractivity contribution in [2.24, 2.45) is 5.73 Å². The minimum absolute atomic E-state index is 0.193. The Bertz CT molecular complexity index is 423. The highest BCUT2D eigenvalue weighted by molar-refractivity contribution is 8.00. The summed E-state index contributed by atoms with van der Waals surface area (Å²) >= 11 is 2.07. The van der Waals surface area contributed by atoms with Crippen molar-refractivity contribution in [2.75, 3.05) is 18.0 Å². The van der Waals surface area contributed by atoms with E-state index in [4.69, 9.17) is 5.73 Å². The number of aryl methyl sites for hydroxylation is 1. The number of hydrogen-bond acceptors (Lipinski definition) is 4. The zero-order valence-corrected chi connectivity index (χ0v) is 13.2. The van der Waals surface area contributed by atoms with Gasteiger partial charge in [-0.3, -0.25) is 0 Å². The average molecular weight is 279 g/mol. The molecule has 106 valence electrons. The van der Waals surface area contributed by atoms with E-state index in [1.54, 1.807) is 0 Å². The smallest absolute Gasteiger partial charge is 0.131 e. The third-order valence-electron chi connectivity index (χ3n) is 3.38. The first-order valence-corrected chi connectivity index (χ1v) is 8.01. The summed E-state index contributed by atoms with van der Waals surface area (Å²) in [5, 5.41) is 1.35. The number of nitrogens with two attached hydrogens (primary N) is 1. The van der Waals surface area contributed by atoms with Crippen LogP contribution in [0.3, 0.4) is 0 Å². The summed E-state index contributed by atoms with van der Waals surface area (Å²) in [5.74, 6) is 1.15. The van der Waals surface area contributed by atoms with E-state index < -0.39 is 0 Å². The van der Waals surface area contributed by atoms with Crippen LogP contribution in [0.5, 0.6) is 0 Å². The zero-order chi connectivity index (χ0) is 14.0. The highest BCUT2D eigenvalue weighted by Gasteiger charge is 2.24. The molecule has 1 saturated heterocycles. The van der Waals surface area contributed by atoms with Crippen molar-refractivity contribution in [2.45, 2.75) is 50.7 Å². The van der Waals surface area contributed by atoms with E-state index in [0.29, 0.717) is 10.5 Å². The molecule has 3 unspecified atom stereocenters. The van der Waals surface area contributed by atoms with E-state index in [0.717, 1.165) is 25.3 Å². The van der Waals surface area contributed by atoms with Gasteiger partial charge in [-0.1, -0.05) is 19.9 Å². The largest absolute Gasteiger partial charge is 0.354 e. The fourth-order valence-electron chi connectivity index (χ4n) is 2.79. The van der Waals surface area contributed by atoms with Crippen molar-refractivity contribution < 1.29 is 0 Å². The lowest BCUT2D eigenvalue weighted by Gasteiger charge is -2.36. The van der Waals surface area contributed by atoms with Crippen molar-refractivity contribution in [3.05, 3.63) is 23.4 Å². The third-order valence-corrected chi connectivity index (χ3v) is 4.61. The molecule has 0 aliphatic carbocycles. The van der Waals surface area contributed by atoms with Crippen LogP contribution >= 0.6 is 11.8 Å². The molecule has 3 atom stereocenters. The maximum absolute atomic E-state index is 5.85. The fourth-order valence-corrected chi connectivity index (χ4v) is 4.12. The summed E-state index contributed by atoms with van der Waals surface area (Å²) in [6, 6.07) is 2.43. The lowest BCUT2D eigenvalue weighted by atomic mass is 10.1. The molecule has 0 spiro atoms. The molecule has 2 rings (SSSR count). The van der Waals surface area contributed by atoms with Crippen LogP contribution in [-0.2, 0) is 6.42 Å². The molecule has 0 amide bonds. The lowest BCUT2D eigenvalue weighted by molar-refractivity contribution is 0.710. The molecule has 1 fully saturated rings. The number of rotatable bonds is 3. The second-order valence-electron chi connectivity index (χ2n) is 5.83. The minimum Gasteiger partial charge on any atom is -0.354 e. The predicted molar refractivity (Wildman–Crippen MR) is 85.1 cm³/mol. The van der Waals surface area contributed by atoms with Crippen molar-refractivity contribution in [1.82, 2.24) is 4.98 Å². The van der Waals surface area contributed by atoms with Crippen LogP contribution in [0.4, 0.5) is 5.82 Å². The third kappa shape index (κ3) is 3.86. The first-order chi connectivity index (χ1) is 8.95. The van der Waals surface area contributed by atoms with Crippen LogP contribution in [0.25, 0.3) is 0 Å². The molecule has 1 aliphatic heterocycles. The van der Waals surface area contributed by atoms with Gasteiger partial charge in [0.15, 0.2) is 0 Å². The first-order valence-electron chi connectivity index (χ1n) is 7.07. The Balaban J connectivity index is 2.16. The van der Waals surface area contributed by atoms with Crippen LogP contribution in [0.15, 0.2) is 12.3 Å². The number of thioether (sulfide) groups is 1. The predicted octanol–water partition coefficient (Wildman–Crippen LogP) is 2.61. The summed E-state index contributed by atoms with van der Waals surface area (Å²) in [4.78, 5) is 7.11. The van der Waals surface area contributed by atoms with Gasteiger partial charge in [-0.25, -0.2) is 4.98 Å². The van der Waals surface area contributed by atoms with Gasteiger partial charge in [0.25, 0.3) is 0 Å². The molecule has 1 aromatic heterocycles. The SMILES string of the molecule is Cc1cc(CC(C)N)cnc1N1CC(C)SC(C)C1. The Kier molecular flexibility index (Phi) is 4.74. The molecule has 4 heteroatoms. The summed E-state index contributed by atoms with van der Waals surface area (Å²) < 4.78 is 0. The van der Waals surface area contributed by atoms with Gasteiger partial charge in [0, 0.05) is 35.8 Å². The van der Waals surface area contributed by atoms with Gasteiger partial charge in [-0.2, -0.15) is 11.8 Å². The molecule has 19 heavy (non-hydrogen) atoms. The molecule has 1 aliphatic rings. The van der Waals surface area contributed by atoms with Crippen LogP contribution in [0.1, 0.15) is 31.9 Å². The second kappa shape index (κ2) is 6.14. The van der Waals surface area contributed by atoms with Gasteiger partial charge in [0.05, 0.1) is 0 Å². The van der Waals surface area contributed by atoms with E-state index in [1.807, 2.05) is 13.1 Å². The summed E-state index contributed by atoms with van der Waals surface area (Å²) in [5.41, 5.74) is 8.36. The Labute approximate surface area is 121 Å². The summed E-state index contributed by atoms with van der Waals surface area (Å²) in [6.07, 6.45) is 2.89. The molecule has 0 radical (unpaired) electrons. The average Bonchev–Trinajstić information content (AvgIpc) is 2.26. The maximum Gasteiger partial charge on any atom is 0.131 e. The molecular weight excluding hydrogens is 254 g/mol. The molecule has 0 bridgehead atoms. The quantitative estimate of drug-likeness (QED) is 0.923. The van der Waals surface area contributed by atoms with Crippen molar-refractivity contribution in [1.29, 1.82) is 0 Å². The van der Waals surface area contributed by atoms with Crippen molar-refractivity contribution >= 4 is 17.6 Å². The molecule has 3 nitrogen and oxygen atoms in total. The van der Waals surface area contributed by atoms with Crippen LogP contribution in [0.2, 0.25) is 0 Å². The van der Waals surface area contributed by atoms with Crippen molar-refractivity contribution in [3.8, 4) is 0 Å². The van der Waals surface area contributed by atoms with E-state index in [9.17, 15) is 0 Å². The Morgan fingerprint density at radius 1 is 1.42 bits per heavy atom. The highest BCUT2D eigenvalue weighted by atomic mass is 32.2. The topological polar surface area (TPSA) is 42.1 Å². The molecule has 0 saturated carbocycles. The van der Waals surface area contributed by atoms with Crippen LogP contribution < -0.4 is 10.6 Å². The molecule has 1 aromatic rings. The Morgan fingerprint density at radius 3 is 2.58 bits per heavy atom. The molecule has 0 aromatic carbocycles. The lowest BCUT2D eigenvalue weighted by Crippen LogP contribution is -2.41. The van der Waals surface area contributed by atoms with Gasteiger partial charge in [0.1, 0.15) is 5.82 Å². The molecule has 2 heterocycles. The van der Waals surface area contributed by atoms with Crippen LogP contribution in [-0.4, -0.2) is 34.6 Å². The summed E-state index contributed by atoms with van der Waals surface area (Å²) in [6.45, 7) is 11.0. The van der Waals surface area contributed by atoms with Gasteiger partial charge in [0.2, 0.25) is 0 Å². The highest BCUT2D eigenvalue weighted by Crippen LogP contribution is 2.29. The number of nitrogens with zero attached hydrogens (tertiary/aromatic N) is 2. The number of hydrogen-bond donors (Lipinski definition) is 1. The second-order valence-corrected chi connectivity index (χ2v) is 7.71. The monoisotopic (exact) mass is 279 g/mol. The first kappa shape index (κ1) is 14.7. The van der Waals surface area contributed by atoms with Gasteiger partial charge < -0.3 is 10.6 Å². The number of aromatic nitrogens is 1. The van der Waals surface area contributed by atoms with E-state index in [1.165, 1.54) is 11.1 Å². The van der Waals surface area contributed by atoms with Gasteiger partial charge in [-0.15, -0.1) is 0 Å². The van der Waals surface area contributed by atoms with Gasteiger partial charge in [-0.05, 0) is 31.4 Å². The normalized spacial score (nSPS) is 25.4. The number of anilines is 1. The Hall–Kier alpha value is -0.740. The Morgan fingerprint density at radius 2 is 2.05 bits per heavy atom. The van der Waals surface area contributed by atoms with E-state index in [2.05, 4.69) is 48.5 Å². The molecular formula is C15H25N3S. The summed E-state index contributed by atoms with van der Waals surface area (Å²) in [7, 11) is 0. The van der Waals surface area contributed by atoms with Crippen LogP contribution in [0, 0.1) is 6.92 Å². The standard InChI is InChI=1S/C15H25N3S/c1-10-5-14(6-11(2)16)7-17-15(10)18-8-12(3)19-13(4)9-18/h5,7,11-13H,6,8-9,16H2,1-4H3. The fraction of sp³-hybridized carbons (Fsp3) is 0.667. The minimum atomic E-state index is 0.193. The number of pyridine rings is 1. The zero-order valence-electron chi connectivity index (χ0n) is 12.4. The van der Waals surface area contributed by atoms with E-state index >= 15 is 0 Å². The maximum atomic E-state index is 5.85. The van der Waals surface area contributed by atoms with Crippen molar-refractivity contribution in [3.63, 3.8) is 0 Å².